The lowest BCUT2D eigenvalue weighted by molar-refractivity contribution is -0.146. The topological polar surface area (TPSA) is 84.0 Å². The lowest BCUT2D eigenvalue weighted by Crippen LogP contribution is -2.40. The largest absolute Gasteiger partial charge is 0.469 e. The van der Waals surface area contributed by atoms with E-state index in [9.17, 15) is 18.0 Å². The normalized spacial score (nSPS) is 15.0. The van der Waals surface area contributed by atoms with Crippen LogP contribution < -0.4 is 4.31 Å². The van der Waals surface area contributed by atoms with Gasteiger partial charge in [-0.05, 0) is 43.2 Å². The Morgan fingerprint density at radius 3 is 2.31 bits per heavy atom. The first kappa shape index (κ1) is 20.9. The van der Waals surface area contributed by atoms with E-state index in [0.717, 1.165) is 0 Å². The van der Waals surface area contributed by atoms with Gasteiger partial charge in [-0.2, -0.15) is 0 Å². The molecule has 7 nitrogen and oxygen atoms in total. The summed E-state index contributed by atoms with van der Waals surface area (Å²) in [4.78, 5) is 26.4. The molecule has 0 spiro atoms. The van der Waals surface area contributed by atoms with Crippen LogP contribution in [-0.2, 0) is 19.6 Å². The van der Waals surface area contributed by atoms with E-state index in [0.29, 0.717) is 37.2 Å². The summed E-state index contributed by atoms with van der Waals surface area (Å²) in [5.41, 5.74) is 0.818. The van der Waals surface area contributed by atoms with Crippen molar-refractivity contribution in [1.29, 1.82) is 0 Å². The molecule has 0 saturated carbocycles. The number of ether oxygens (including phenoxy) is 1. The number of amides is 1. The third kappa shape index (κ3) is 4.42. The first-order chi connectivity index (χ1) is 13.8. The predicted octanol–water partition coefficient (Wildman–Crippen LogP) is 2.54. The van der Waals surface area contributed by atoms with E-state index < -0.39 is 10.0 Å². The molecule has 1 aliphatic rings. The van der Waals surface area contributed by atoms with Gasteiger partial charge in [0, 0.05) is 25.7 Å². The molecule has 1 aliphatic heterocycles. The Balaban J connectivity index is 1.76. The van der Waals surface area contributed by atoms with Crippen LogP contribution in [0.25, 0.3) is 0 Å². The van der Waals surface area contributed by atoms with Crippen LogP contribution in [0.2, 0.25) is 0 Å². The molecule has 0 bridgehead atoms. The van der Waals surface area contributed by atoms with E-state index in [1.807, 2.05) is 0 Å². The van der Waals surface area contributed by atoms with E-state index in [1.165, 1.54) is 30.6 Å². The average Bonchev–Trinajstić information content (AvgIpc) is 2.78. The summed E-state index contributed by atoms with van der Waals surface area (Å²) in [5.74, 6) is -0.606. The highest BCUT2D eigenvalue weighted by molar-refractivity contribution is 7.92. The van der Waals surface area contributed by atoms with Crippen molar-refractivity contribution in [3.05, 3.63) is 60.2 Å². The number of nitrogens with zero attached hydrogens (tertiary/aromatic N) is 2. The molecular formula is C21H24N2O5S. The summed E-state index contributed by atoms with van der Waals surface area (Å²) in [7, 11) is -0.890. The number of hydrogen-bond donors (Lipinski definition) is 0. The lowest BCUT2D eigenvalue weighted by atomic mass is 9.96. The van der Waals surface area contributed by atoms with Gasteiger partial charge in [0.05, 0.1) is 23.6 Å². The zero-order valence-electron chi connectivity index (χ0n) is 16.4. The van der Waals surface area contributed by atoms with Crippen LogP contribution in [0, 0.1) is 5.92 Å². The Morgan fingerprint density at radius 1 is 1.03 bits per heavy atom. The number of esters is 1. The van der Waals surface area contributed by atoms with Gasteiger partial charge in [-0.25, -0.2) is 8.42 Å². The molecule has 1 amide bonds. The fourth-order valence-corrected chi connectivity index (χ4v) is 4.60. The Bertz CT molecular complexity index is 983. The quantitative estimate of drug-likeness (QED) is 0.700. The maximum Gasteiger partial charge on any atom is 0.308 e. The third-order valence-corrected chi connectivity index (χ3v) is 6.97. The van der Waals surface area contributed by atoms with Crippen molar-refractivity contribution in [3.63, 3.8) is 0 Å². The van der Waals surface area contributed by atoms with Crippen molar-refractivity contribution in [2.75, 3.05) is 31.6 Å². The summed E-state index contributed by atoms with van der Waals surface area (Å²) in [5, 5.41) is 0. The second kappa shape index (κ2) is 8.65. The molecule has 8 heteroatoms. The Hall–Kier alpha value is -2.87. The first-order valence-electron chi connectivity index (χ1n) is 9.35. The van der Waals surface area contributed by atoms with E-state index >= 15 is 0 Å². The van der Waals surface area contributed by atoms with Crippen molar-refractivity contribution in [2.24, 2.45) is 5.92 Å². The van der Waals surface area contributed by atoms with Crippen molar-refractivity contribution in [2.45, 2.75) is 17.7 Å². The fourth-order valence-electron chi connectivity index (χ4n) is 3.39. The van der Waals surface area contributed by atoms with Gasteiger partial charge < -0.3 is 9.64 Å². The molecule has 1 saturated heterocycles. The maximum absolute atomic E-state index is 12.9. The molecule has 154 valence electrons. The van der Waals surface area contributed by atoms with Crippen LogP contribution in [0.3, 0.4) is 0 Å². The Morgan fingerprint density at radius 2 is 1.69 bits per heavy atom. The number of sulfonamides is 1. The molecule has 0 radical (unpaired) electrons. The molecule has 3 rings (SSSR count). The second-order valence-corrected chi connectivity index (χ2v) is 8.89. The van der Waals surface area contributed by atoms with E-state index in [2.05, 4.69) is 0 Å². The van der Waals surface area contributed by atoms with Crippen molar-refractivity contribution in [1.82, 2.24) is 4.90 Å². The Labute approximate surface area is 170 Å². The van der Waals surface area contributed by atoms with E-state index in [4.69, 9.17) is 4.74 Å². The lowest BCUT2D eigenvalue weighted by Gasteiger charge is -2.31. The minimum Gasteiger partial charge on any atom is -0.469 e. The molecule has 1 fully saturated rings. The van der Waals surface area contributed by atoms with Gasteiger partial charge in [0.1, 0.15) is 0 Å². The van der Waals surface area contributed by atoms with Crippen LogP contribution in [-0.4, -0.2) is 52.4 Å². The average molecular weight is 416 g/mol. The summed E-state index contributed by atoms with van der Waals surface area (Å²) >= 11 is 0. The molecule has 1 heterocycles. The van der Waals surface area contributed by atoms with Crippen molar-refractivity contribution < 1.29 is 22.7 Å². The zero-order valence-corrected chi connectivity index (χ0v) is 17.3. The highest BCUT2D eigenvalue weighted by Gasteiger charge is 2.29. The van der Waals surface area contributed by atoms with Crippen LogP contribution in [0.1, 0.15) is 23.2 Å². The van der Waals surface area contributed by atoms with Gasteiger partial charge in [-0.15, -0.1) is 0 Å². The number of hydrogen-bond acceptors (Lipinski definition) is 5. The molecule has 29 heavy (non-hydrogen) atoms. The van der Waals surface area contributed by atoms with E-state index in [-0.39, 0.29) is 22.7 Å². The van der Waals surface area contributed by atoms with Gasteiger partial charge in [0.15, 0.2) is 0 Å². The van der Waals surface area contributed by atoms with Crippen LogP contribution >= 0.6 is 0 Å². The minimum atomic E-state index is -3.72. The number of likely N-dealkylation sites (tertiary alicyclic amines) is 1. The molecular weight excluding hydrogens is 392 g/mol. The second-order valence-electron chi connectivity index (χ2n) is 6.93. The molecule has 0 N–H and O–H groups in total. The maximum atomic E-state index is 12.9. The Kier molecular flexibility index (Phi) is 6.22. The predicted molar refractivity (Wildman–Crippen MR) is 109 cm³/mol. The standard InChI is InChI=1S/C21H24N2O5S/c1-22(29(26,27)19-9-4-3-5-10-19)18-8-6-7-17(15-18)20(24)23-13-11-16(12-14-23)21(25)28-2/h3-10,15-16H,11-14H2,1-2H3. The van der Waals surface area contributed by atoms with Gasteiger partial charge in [0.25, 0.3) is 15.9 Å². The summed E-state index contributed by atoms with van der Waals surface area (Å²) in [6, 6.07) is 14.7. The van der Waals surface area contributed by atoms with Crippen LogP contribution in [0.15, 0.2) is 59.5 Å². The molecule has 0 unspecified atom stereocenters. The van der Waals surface area contributed by atoms with Crippen LogP contribution in [0.5, 0.6) is 0 Å². The number of piperidine rings is 1. The van der Waals surface area contributed by atoms with Gasteiger partial charge in [-0.1, -0.05) is 24.3 Å². The van der Waals surface area contributed by atoms with Gasteiger partial charge in [0.2, 0.25) is 0 Å². The number of carbonyl (C=O) groups is 2. The van der Waals surface area contributed by atoms with Crippen LogP contribution in [0.4, 0.5) is 5.69 Å². The van der Waals surface area contributed by atoms with Gasteiger partial charge in [-0.3, -0.25) is 13.9 Å². The highest BCUT2D eigenvalue weighted by Crippen LogP contribution is 2.25. The summed E-state index contributed by atoms with van der Waals surface area (Å²) < 4.78 is 31.6. The molecule has 0 aromatic heterocycles. The smallest absolute Gasteiger partial charge is 0.308 e. The number of anilines is 1. The number of carbonyl (C=O) groups excluding carboxylic acids is 2. The molecule has 0 atom stereocenters. The minimum absolute atomic E-state index is 0.180. The fraction of sp³-hybridized carbons (Fsp3) is 0.333. The van der Waals surface area contributed by atoms with E-state index in [1.54, 1.807) is 47.4 Å². The first-order valence-corrected chi connectivity index (χ1v) is 10.8. The SMILES string of the molecule is COC(=O)C1CCN(C(=O)c2cccc(N(C)S(=O)(=O)c3ccccc3)c2)CC1. The van der Waals surface area contributed by atoms with Crippen molar-refractivity contribution in [3.8, 4) is 0 Å². The summed E-state index contributed by atoms with van der Waals surface area (Å²) in [6.45, 7) is 0.919. The monoisotopic (exact) mass is 416 g/mol. The number of benzene rings is 2. The molecule has 0 aliphatic carbocycles. The number of methoxy groups -OCH3 is 1. The summed E-state index contributed by atoms with van der Waals surface area (Å²) in [6.07, 6.45) is 1.11. The highest BCUT2D eigenvalue weighted by atomic mass is 32.2. The third-order valence-electron chi connectivity index (χ3n) is 5.18. The number of rotatable bonds is 5. The zero-order chi connectivity index (χ0) is 21.0. The molecule has 2 aromatic carbocycles. The van der Waals surface area contributed by atoms with Crippen molar-refractivity contribution >= 4 is 27.6 Å². The molecule has 2 aromatic rings. The van der Waals surface area contributed by atoms with Gasteiger partial charge >= 0.3 is 5.97 Å².